The minimum absolute atomic E-state index is 0.116. The van der Waals surface area contributed by atoms with Crippen LogP contribution in [-0.2, 0) is 4.79 Å². The Morgan fingerprint density at radius 2 is 1.65 bits per heavy atom. The van der Waals surface area contributed by atoms with Gasteiger partial charge in [-0.05, 0) is 30.2 Å². The molecule has 2 aromatic carbocycles. The maximum absolute atomic E-state index is 12.1. The molecule has 2 rings (SSSR count). The van der Waals surface area contributed by atoms with E-state index in [1.54, 1.807) is 12.1 Å². The molecule has 3 N–H and O–H groups in total. The monoisotopic (exact) mass is 288 g/mol. The van der Waals surface area contributed by atoms with Gasteiger partial charge in [0, 0.05) is 5.02 Å². The van der Waals surface area contributed by atoms with E-state index in [0.29, 0.717) is 5.02 Å². The lowest BCUT2D eigenvalue weighted by molar-refractivity contribution is -0.123. The van der Waals surface area contributed by atoms with Crippen LogP contribution in [0.4, 0.5) is 0 Å². The molecule has 0 bridgehead atoms. The summed E-state index contributed by atoms with van der Waals surface area (Å²) in [5.74, 6) is -0.196. The summed E-state index contributed by atoms with van der Waals surface area (Å²) in [5.41, 5.74) is 7.74. The van der Waals surface area contributed by atoms with Crippen molar-refractivity contribution < 1.29 is 4.79 Å². The Bertz CT molecular complexity index is 569. The van der Waals surface area contributed by atoms with Gasteiger partial charge in [-0.3, -0.25) is 4.79 Å². The summed E-state index contributed by atoms with van der Waals surface area (Å²) in [6.07, 6.45) is 0. The fourth-order valence-electron chi connectivity index (χ4n) is 1.95. The fraction of sp³-hybridized carbons (Fsp3) is 0.188. The first-order chi connectivity index (χ1) is 9.58. The van der Waals surface area contributed by atoms with Crippen LogP contribution in [0, 0.1) is 0 Å². The number of benzene rings is 2. The molecule has 1 amide bonds. The lowest BCUT2D eigenvalue weighted by Gasteiger charge is -2.18. The van der Waals surface area contributed by atoms with Crippen LogP contribution in [0.1, 0.15) is 30.1 Å². The average molecular weight is 289 g/mol. The summed E-state index contributed by atoms with van der Waals surface area (Å²) >= 11 is 5.85. The standard InChI is InChI=1S/C16H17ClN2O/c1-11(12-7-9-14(17)10-8-12)19-16(20)15(18)13-5-3-2-4-6-13/h2-11,15H,18H2,1H3,(H,19,20). The number of halogens is 1. The molecule has 0 saturated heterocycles. The van der Waals surface area contributed by atoms with Crippen LogP contribution >= 0.6 is 11.6 Å². The number of nitrogens with one attached hydrogen (secondary N) is 1. The second kappa shape index (κ2) is 6.55. The molecule has 2 aromatic rings. The summed E-state index contributed by atoms with van der Waals surface area (Å²) in [7, 11) is 0. The van der Waals surface area contributed by atoms with Crippen molar-refractivity contribution in [2.24, 2.45) is 5.73 Å². The molecule has 0 aliphatic heterocycles. The van der Waals surface area contributed by atoms with Gasteiger partial charge in [-0.2, -0.15) is 0 Å². The molecule has 0 aliphatic carbocycles. The normalized spacial score (nSPS) is 13.6. The van der Waals surface area contributed by atoms with Crippen molar-refractivity contribution in [3.8, 4) is 0 Å². The quantitative estimate of drug-likeness (QED) is 0.907. The molecule has 0 fully saturated rings. The van der Waals surface area contributed by atoms with Gasteiger partial charge in [0.15, 0.2) is 0 Å². The minimum Gasteiger partial charge on any atom is -0.348 e. The van der Waals surface area contributed by atoms with Gasteiger partial charge in [0.05, 0.1) is 6.04 Å². The number of carbonyl (C=O) groups excluding carboxylic acids is 1. The molecule has 2 atom stereocenters. The molecule has 0 radical (unpaired) electrons. The minimum atomic E-state index is -0.661. The van der Waals surface area contributed by atoms with Crippen molar-refractivity contribution >= 4 is 17.5 Å². The van der Waals surface area contributed by atoms with Gasteiger partial charge in [0.2, 0.25) is 5.91 Å². The van der Waals surface area contributed by atoms with E-state index in [1.807, 2.05) is 49.4 Å². The van der Waals surface area contributed by atoms with E-state index in [4.69, 9.17) is 17.3 Å². The summed E-state index contributed by atoms with van der Waals surface area (Å²) in [6, 6.07) is 15.9. The number of amides is 1. The largest absolute Gasteiger partial charge is 0.348 e. The highest BCUT2D eigenvalue weighted by atomic mass is 35.5. The fourth-order valence-corrected chi connectivity index (χ4v) is 2.08. The number of rotatable bonds is 4. The van der Waals surface area contributed by atoms with Gasteiger partial charge in [-0.15, -0.1) is 0 Å². The number of hydrogen-bond donors (Lipinski definition) is 2. The van der Waals surface area contributed by atoms with Gasteiger partial charge in [-0.25, -0.2) is 0 Å². The Kier molecular flexibility index (Phi) is 4.77. The molecule has 2 unspecified atom stereocenters. The number of hydrogen-bond acceptors (Lipinski definition) is 2. The van der Waals surface area contributed by atoms with Crippen molar-refractivity contribution in [1.82, 2.24) is 5.32 Å². The van der Waals surface area contributed by atoms with Crippen molar-refractivity contribution in [2.75, 3.05) is 0 Å². The Balaban J connectivity index is 2.02. The van der Waals surface area contributed by atoms with Gasteiger partial charge in [-0.1, -0.05) is 54.1 Å². The Hall–Kier alpha value is -1.84. The van der Waals surface area contributed by atoms with E-state index in [-0.39, 0.29) is 11.9 Å². The average Bonchev–Trinajstić information content (AvgIpc) is 2.48. The van der Waals surface area contributed by atoms with Crippen LogP contribution in [0.5, 0.6) is 0 Å². The van der Waals surface area contributed by atoms with E-state index < -0.39 is 6.04 Å². The van der Waals surface area contributed by atoms with E-state index in [2.05, 4.69) is 5.32 Å². The van der Waals surface area contributed by atoms with E-state index in [1.165, 1.54) is 0 Å². The maximum atomic E-state index is 12.1. The van der Waals surface area contributed by atoms with Crippen molar-refractivity contribution in [3.05, 3.63) is 70.7 Å². The second-order valence-corrected chi connectivity index (χ2v) is 5.11. The summed E-state index contributed by atoms with van der Waals surface area (Å²) in [4.78, 5) is 12.1. The smallest absolute Gasteiger partial charge is 0.241 e. The Morgan fingerprint density at radius 1 is 1.05 bits per heavy atom. The van der Waals surface area contributed by atoms with Crippen LogP contribution in [0.2, 0.25) is 5.02 Å². The van der Waals surface area contributed by atoms with Crippen LogP contribution < -0.4 is 11.1 Å². The molecule has 4 heteroatoms. The SMILES string of the molecule is CC(NC(=O)C(N)c1ccccc1)c1ccc(Cl)cc1. The van der Waals surface area contributed by atoms with Crippen molar-refractivity contribution in [1.29, 1.82) is 0 Å². The molecule has 104 valence electrons. The molecule has 0 aliphatic rings. The predicted octanol–water partition coefficient (Wildman–Crippen LogP) is 3.22. The Labute approximate surface area is 123 Å². The van der Waals surface area contributed by atoms with Crippen LogP contribution in [0.15, 0.2) is 54.6 Å². The molecule has 0 aromatic heterocycles. The second-order valence-electron chi connectivity index (χ2n) is 4.67. The molecular weight excluding hydrogens is 272 g/mol. The van der Waals surface area contributed by atoms with E-state index in [9.17, 15) is 4.79 Å². The summed E-state index contributed by atoms with van der Waals surface area (Å²) < 4.78 is 0. The highest BCUT2D eigenvalue weighted by Crippen LogP contribution is 2.17. The molecule has 0 spiro atoms. The van der Waals surface area contributed by atoms with Gasteiger partial charge in [0.1, 0.15) is 6.04 Å². The third kappa shape index (κ3) is 3.59. The van der Waals surface area contributed by atoms with Gasteiger partial charge >= 0.3 is 0 Å². The van der Waals surface area contributed by atoms with E-state index in [0.717, 1.165) is 11.1 Å². The molecule has 0 saturated carbocycles. The summed E-state index contributed by atoms with van der Waals surface area (Å²) in [6.45, 7) is 1.92. The Morgan fingerprint density at radius 3 is 2.25 bits per heavy atom. The van der Waals surface area contributed by atoms with Gasteiger partial charge < -0.3 is 11.1 Å². The van der Waals surface area contributed by atoms with Crippen molar-refractivity contribution in [3.63, 3.8) is 0 Å². The first kappa shape index (κ1) is 14.6. The molecule has 3 nitrogen and oxygen atoms in total. The van der Waals surface area contributed by atoms with Crippen molar-refractivity contribution in [2.45, 2.75) is 19.0 Å². The first-order valence-corrected chi connectivity index (χ1v) is 6.82. The number of nitrogens with two attached hydrogens (primary N) is 1. The highest BCUT2D eigenvalue weighted by Gasteiger charge is 2.17. The highest BCUT2D eigenvalue weighted by molar-refractivity contribution is 6.30. The number of carbonyl (C=O) groups is 1. The molecule has 0 heterocycles. The zero-order valence-corrected chi connectivity index (χ0v) is 12.0. The predicted molar refractivity (Wildman–Crippen MR) is 81.4 cm³/mol. The van der Waals surface area contributed by atoms with Crippen LogP contribution in [-0.4, -0.2) is 5.91 Å². The zero-order chi connectivity index (χ0) is 14.5. The summed E-state index contributed by atoms with van der Waals surface area (Å²) in [5, 5.41) is 3.58. The lowest BCUT2D eigenvalue weighted by atomic mass is 10.1. The van der Waals surface area contributed by atoms with E-state index >= 15 is 0 Å². The lowest BCUT2D eigenvalue weighted by Crippen LogP contribution is -2.35. The van der Waals surface area contributed by atoms with Crippen LogP contribution in [0.3, 0.4) is 0 Å². The third-order valence-corrected chi connectivity index (χ3v) is 3.42. The van der Waals surface area contributed by atoms with Crippen LogP contribution in [0.25, 0.3) is 0 Å². The topological polar surface area (TPSA) is 55.1 Å². The zero-order valence-electron chi connectivity index (χ0n) is 11.2. The molecule has 20 heavy (non-hydrogen) atoms. The maximum Gasteiger partial charge on any atom is 0.241 e. The molecular formula is C16H17ClN2O. The first-order valence-electron chi connectivity index (χ1n) is 6.44. The third-order valence-electron chi connectivity index (χ3n) is 3.17. The van der Waals surface area contributed by atoms with Gasteiger partial charge in [0.25, 0.3) is 0 Å².